The van der Waals surface area contributed by atoms with Crippen molar-refractivity contribution in [1.29, 1.82) is 0 Å². The van der Waals surface area contributed by atoms with Crippen LogP contribution < -0.4 is 14.8 Å². The Balaban J connectivity index is 1.96. The number of carbonyl (C=O) groups is 1. The lowest BCUT2D eigenvalue weighted by molar-refractivity contribution is 0.0281. The van der Waals surface area contributed by atoms with Crippen molar-refractivity contribution in [2.24, 2.45) is 5.92 Å². The van der Waals surface area contributed by atoms with Crippen molar-refractivity contribution in [2.75, 3.05) is 38.6 Å². The molecule has 0 unspecified atom stereocenters. The summed E-state index contributed by atoms with van der Waals surface area (Å²) in [5, 5.41) is 7.14. The van der Waals surface area contributed by atoms with Crippen LogP contribution in [0.3, 0.4) is 0 Å². The molecule has 0 spiro atoms. The average molecular weight is 481 g/mol. The number of sulfonamides is 1. The molecule has 33 heavy (non-hydrogen) atoms. The smallest absolute Gasteiger partial charge is 0.267 e. The highest BCUT2D eigenvalue weighted by molar-refractivity contribution is 7.92. The van der Waals surface area contributed by atoms with E-state index < -0.39 is 10.0 Å². The molecule has 1 aromatic carbocycles. The number of rotatable bonds is 4. The van der Waals surface area contributed by atoms with Crippen LogP contribution in [0, 0.1) is 19.8 Å². The third kappa shape index (κ3) is 5.66. The molecule has 0 fully saturated rings. The maximum absolute atomic E-state index is 13.3. The SMILES string of the molecule is CO[C@H]1CN(C)C(=O)c2cc(NS(=O)(=O)c3c(C)noc3C)ccc2OC[C@H](C)NC[C@@H]1C. The number of nitrogens with zero attached hydrogens (tertiary/aromatic N) is 2. The molecule has 2 aromatic rings. The van der Waals surface area contributed by atoms with Crippen LogP contribution in [0.1, 0.15) is 35.7 Å². The van der Waals surface area contributed by atoms with E-state index in [1.807, 2.05) is 6.92 Å². The Kier molecular flexibility index (Phi) is 7.65. The second-order valence-corrected chi connectivity index (χ2v) is 10.1. The zero-order valence-electron chi connectivity index (χ0n) is 19.8. The van der Waals surface area contributed by atoms with E-state index >= 15 is 0 Å². The van der Waals surface area contributed by atoms with Gasteiger partial charge >= 0.3 is 0 Å². The average Bonchev–Trinajstić information content (AvgIpc) is 3.11. The van der Waals surface area contributed by atoms with E-state index in [1.54, 1.807) is 38.1 Å². The molecule has 10 nitrogen and oxygen atoms in total. The molecular formula is C22H32N4O6S. The first-order valence-electron chi connectivity index (χ1n) is 10.8. The van der Waals surface area contributed by atoms with Crippen LogP contribution in [0.25, 0.3) is 0 Å². The maximum atomic E-state index is 13.3. The van der Waals surface area contributed by atoms with Gasteiger partial charge in [0, 0.05) is 39.0 Å². The summed E-state index contributed by atoms with van der Waals surface area (Å²) in [6, 6.07) is 4.69. The minimum Gasteiger partial charge on any atom is -0.491 e. The lowest BCUT2D eigenvalue weighted by Crippen LogP contribution is -2.44. The van der Waals surface area contributed by atoms with Gasteiger partial charge in [0.15, 0.2) is 10.7 Å². The predicted octanol–water partition coefficient (Wildman–Crippen LogP) is 2.19. The van der Waals surface area contributed by atoms with E-state index in [0.29, 0.717) is 18.9 Å². The Morgan fingerprint density at radius 1 is 1.27 bits per heavy atom. The fourth-order valence-corrected chi connectivity index (χ4v) is 5.17. The third-order valence-electron chi connectivity index (χ3n) is 5.71. The van der Waals surface area contributed by atoms with Gasteiger partial charge in [0.05, 0.1) is 11.7 Å². The standard InChI is InChI=1S/C22H32N4O6S/c1-13-10-23-14(2)12-31-19-8-7-17(9-18(19)22(27)26(5)11-20(13)30-6)25-33(28,29)21-15(3)24-32-16(21)4/h7-9,13-14,20,23,25H,10-12H2,1-6H3/t13-,14-,20-/m0/s1. The van der Waals surface area contributed by atoms with Crippen LogP contribution in [0.5, 0.6) is 5.75 Å². The van der Waals surface area contributed by atoms with Gasteiger partial charge in [0.1, 0.15) is 18.1 Å². The molecule has 3 atom stereocenters. The number of ether oxygens (including phenoxy) is 2. The molecule has 0 aliphatic carbocycles. The Hall–Kier alpha value is -2.63. The first kappa shape index (κ1) is 25.0. The quantitative estimate of drug-likeness (QED) is 0.683. The van der Waals surface area contributed by atoms with Crippen LogP contribution in [-0.4, -0.2) is 70.4 Å². The molecule has 2 N–H and O–H groups in total. The van der Waals surface area contributed by atoms with E-state index in [-0.39, 0.29) is 51.6 Å². The Morgan fingerprint density at radius 3 is 2.64 bits per heavy atom. The number of methoxy groups -OCH3 is 1. The number of carbonyl (C=O) groups excluding carboxylic acids is 1. The number of benzene rings is 1. The summed E-state index contributed by atoms with van der Waals surface area (Å²) in [7, 11) is -0.639. The highest BCUT2D eigenvalue weighted by Crippen LogP contribution is 2.28. The molecular weight excluding hydrogens is 448 g/mol. The zero-order chi connectivity index (χ0) is 24.3. The predicted molar refractivity (Wildman–Crippen MR) is 123 cm³/mol. The number of likely N-dealkylation sites (N-methyl/N-ethyl adjacent to an activating group) is 1. The minimum atomic E-state index is -3.96. The molecule has 11 heteroatoms. The van der Waals surface area contributed by atoms with Crippen molar-refractivity contribution in [3.63, 3.8) is 0 Å². The largest absolute Gasteiger partial charge is 0.491 e. The van der Waals surface area contributed by atoms with Gasteiger partial charge in [0.25, 0.3) is 15.9 Å². The number of hydrogen-bond donors (Lipinski definition) is 2. The van der Waals surface area contributed by atoms with E-state index in [0.717, 1.165) is 6.54 Å². The molecule has 2 heterocycles. The summed E-state index contributed by atoms with van der Waals surface area (Å²) in [5.74, 6) is 0.439. The monoisotopic (exact) mass is 480 g/mol. The van der Waals surface area contributed by atoms with Crippen molar-refractivity contribution in [3.05, 3.63) is 35.2 Å². The zero-order valence-corrected chi connectivity index (χ0v) is 20.7. The van der Waals surface area contributed by atoms with Crippen LogP contribution in [0.15, 0.2) is 27.6 Å². The van der Waals surface area contributed by atoms with Gasteiger partial charge in [-0.1, -0.05) is 12.1 Å². The second-order valence-electron chi connectivity index (χ2n) is 8.53. The molecule has 0 saturated heterocycles. The molecule has 1 aliphatic heterocycles. The number of aromatic nitrogens is 1. The van der Waals surface area contributed by atoms with Gasteiger partial charge in [-0.25, -0.2) is 8.42 Å². The highest BCUT2D eigenvalue weighted by Gasteiger charge is 2.27. The first-order valence-corrected chi connectivity index (χ1v) is 12.3. The molecule has 0 bridgehead atoms. The van der Waals surface area contributed by atoms with Crippen molar-refractivity contribution in [3.8, 4) is 5.75 Å². The minimum absolute atomic E-state index is 0.0215. The summed E-state index contributed by atoms with van der Waals surface area (Å²) in [5.41, 5.74) is 0.743. The van der Waals surface area contributed by atoms with E-state index in [4.69, 9.17) is 14.0 Å². The number of anilines is 1. The topological polar surface area (TPSA) is 123 Å². The van der Waals surface area contributed by atoms with Gasteiger partial charge in [0.2, 0.25) is 0 Å². The molecule has 1 aromatic heterocycles. The number of hydrogen-bond acceptors (Lipinski definition) is 8. The summed E-state index contributed by atoms with van der Waals surface area (Å²) in [4.78, 5) is 14.9. The van der Waals surface area contributed by atoms with Crippen molar-refractivity contribution in [1.82, 2.24) is 15.4 Å². The number of fused-ring (bicyclic) bond motifs is 1. The van der Waals surface area contributed by atoms with Crippen molar-refractivity contribution < 1.29 is 27.2 Å². The number of nitrogens with one attached hydrogen (secondary N) is 2. The van der Waals surface area contributed by atoms with E-state index in [2.05, 4.69) is 22.1 Å². The lowest BCUT2D eigenvalue weighted by atomic mass is 10.0. The van der Waals surface area contributed by atoms with Gasteiger partial charge in [-0.3, -0.25) is 9.52 Å². The molecule has 1 aliphatic rings. The third-order valence-corrected chi connectivity index (χ3v) is 7.34. The molecule has 0 saturated carbocycles. The Morgan fingerprint density at radius 2 is 2.00 bits per heavy atom. The molecule has 0 radical (unpaired) electrons. The lowest BCUT2D eigenvalue weighted by Gasteiger charge is -2.30. The summed E-state index contributed by atoms with van der Waals surface area (Å²) in [6.45, 7) is 8.59. The number of aryl methyl sites for hydroxylation is 2. The molecule has 182 valence electrons. The van der Waals surface area contributed by atoms with Crippen LogP contribution in [-0.2, 0) is 14.8 Å². The van der Waals surface area contributed by atoms with Gasteiger partial charge < -0.3 is 24.2 Å². The fraction of sp³-hybridized carbons (Fsp3) is 0.545. The van der Waals surface area contributed by atoms with Gasteiger partial charge in [-0.05, 0) is 44.9 Å². The van der Waals surface area contributed by atoms with Crippen LogP contribution in [0.2, 0.25) is 0 Å². The first-order chi connectivity index (χ1) is 15.5. The fourth-order valence-electron chi connectivity index (χ4n) is 3.79. The second kappa shape index (κ2) is 10.1. The van der Waals surface area contributed by atoms with Crippen LogP contribution in [0.4, 0.5) is 5.69 Å². The molecule has 3 rings (SSSR count). The van der Waals surface area contributed by atoms with Crippen LogP contribution >= 0.6 is 0 Å². The summed E-state index contributed by atoms with van der Waals surface area (Å²) in [6.07, 6.45) is -0.163. The van der Waals surface area contributed by atoms with Crippen molar-refractivity contribution in [2.45, 2.75) is 44.7 Å². The van der Waals surface area contributed by atoms with Gasteiger partial charge in [-0.2, -0.15) is 0 Å². The normalized spacial score (nSPS) is 22.7. The summed E-state index contributed by atoms with van der Waals surface area (Å²) < 4.78 is 44.9. The van der Waals surface area contributed by atoms with E-state index in [9.17, 15) is 13.2 Å². The Bertz CT molecular complexity index is 1080. The van der Waals surface area contributed by atoms with Crippen molar-refractivity contribution >= 4 is 21.6 Å². The maximum Gasteiger partial charge on any atom is 0.267 e. The Labute approximate surface area is 194 Å². The summed E-state index contributed by atoms with van der Waals surface area (Å²) >= 11 is 0. The number of amides is 1. The van der Waals surface area contributed by atoms with E-state index in [1.165, 1.54) is 13.0 Å². The highest BCUT2D eigenvalue weighted by atomic mass is 32.2. The van der Waals surface area contributed by atoms with Gasteiger partial charge in [-0.15, -0.1) is 0 Å². The molecule has 1 amide bonds.